The molecule has 240 valence electrons. The van der Waals surface area contributed by atoms with E-state index in [1.807, 2.05) is 28.1 Å². The standard InChI is InChI=1S/C31H65N2O6P/c1-6-8-9-10-11-12-13-14-15-16-17-18-19-20-21-22-23-26-37-30(28-32-31(34)24-7-2)29-39-40(35,36)38-27-25-33(3,4)5/h30H,6-29H2,1-5H3,(H-,32,34,35,36)/p+1. The molecule has 2 unspecified atom stereocenters. The van der Waals surface area contributed by atoms with Gasteiger partial charge in [0.1, 0.15) is 13.2 Å². The van der Waals surface area contributed by atoms with E-state index in [0.717, 1.165) is 19.3 Å². The van der Waals surface area contributed by atoms with Crippen LogP contribution in [0.4, 0.5) is 0 Å². The van der Waals surface area contributed by atoms with Crippen molar-refractivity contribution in [1.82, 2.24) is 5.32 Å². The molecule has 0 aliphatic carbocycles. The number of hydrogen-bond acceptors (Lipinski definition) is 5. The minimum absolute atomic E-state index is 0.0553. The van der Waals surface area contributed by atoms with Crippen molar-refractivity contribution in [2.24, 2.45) is 0 Å². The molecule has 0 aromatic rings. The number of quaternary nitrogens is 1. The second-order valence-corrected chi connectivity index (χ2v) is 13.8. The molecular weight excluding hydrogens is 527 g/mol. The highest BCUT2D eigenvalue weighted by atomic mass is 31.2. The van der Waals surface area contributed by atoms with Gasteiger partial charge >= 0.3 is 7.82 Å². The molecule has 0 radical (unpaired) electrons. The predicted molar refractivity (Wildman–Crippen MR) is 166 cm³/mol. The molecule has 0 aliphatic rings. The summed E-state index contributed by atoms with van der Waals surface area (Å²) >= 11 is 0. The number of carbonyl (C=O) groups is 1. The van der Waals surface area contributed by atoms with E-state index in [1.54, 1.807) is 0 Å². The van der Waals surface area contributed by atoms with Crippen LogP contribution in [0.25, 0.3) is 0 Å². The zero-order valence-corrected chi connectivity index (χ0v) is 27.8. The fourth-order valence-corrected chi connectivity index (χ4v) is 5.17. The Bertz CT molecular complexity index is 629. The Labute approximate surface area is 247 Å². The molecule has 0 saturated heterocycles. The van der Waals surface area contributed by atoms with Gasteiger partial charge in [-0.25, -0.2) is 4.57 Å². The SMILES string of the molecule is CCCCCCCCCCCCCCCCCCCOC(CNC(=O)CCC)COP(=O)(O)OCC[N+](C)(C)C. The smallest absolute Gasteiger partial charge is 0.374 e. The number of amides is 1. The van der Waals surface area contributed by atoms with Crippen LogP contribution in [-0.4, -0.2) is 75.4 Å². The van der Waals surface area contributed by atoms with E-state index in [4.69, 9.17) is 13.8 Å². The van der Waals surface area contributed by atoms with Crippen molar-refractivity contribution in [3.8, 4) is 0 Å². The van der Waals surface area contributed by atoms with Crippen molar-refractivity contribution in [2.75, 3.05) is 54.1 Å². The molecule has 0 aromatic carbocycles. The Morgan fingerprint density at radius 2 is 1.20 bits per heavy atom. The van der Waals surface area contributed by atoms with Gasteiger partial charge in [-0.1, -0.05) is 117 Å². The second-order valence-electron chi connectivity index (χ2n) is 12.3. The third kappa shape index (κ3) is 29.0. The van der Waals surface area contributed by atoms with Crippen LogP contribution < -0.4 is 5.32 Å². The van der Waals surface area contributed by atoms with Crippen molar-refractivity contribution in [3.63, 3.8) is 0 Å². The molecule has 0 saturated carbocycles. The quantitative estimate of drug-likeness (QED) is 0.0502. The highest BCUT2D eigenvalue weighted by Gasteiger charge is 2.25. The minimum Gasteiger partial charge on any atom is -0.374 e. The van der Waals surface area contributed by atoms with Crippen LogP contribution in [0.1, 0.15) is 136 Å². The second kappa shape index (κ2) is 26.2. The number of phosphoric ester groups is 1. The molecule has 0 aliphatic heterocycles. The van der Waals surface area contributed by atoms with Crippen molar-refractivity contribution in [1.29, 1.82) is 0 Å². The molecule has 1 amide bonds. The number of ether oxygens (including phenoxy) is 1. The molecule has 2 atom stereocenters. The minimum atomic E-state index is -4.17. The largest absolute Gasteiger partial charge is 0.472 e. The molecule has 0 aromatic heterocycles. The van der Waals surface area contributed by atoms with E-state index in [9.17, 15) is 14.3 Å². The zero-order valence-electron chi connectivity index (χ0n) is 26.9. The van der Waals surface area contributed by atoms with Crippen LogP contribution in [0.2, 0.25) is 0 Å². The average molecular weight is 594 g/mol. The predicted octanol–water partition coefficient (Wildman–Crippen LogP) is 7.78. The van der Waals surface area contributed by atoms with Gasteiger partial charge in [-0.2, -0.15) is 0 Å². The van der Waals surface area contributed by atoms with Gasteiger partial charge in [-0.05, 0) is 12.8 Å². The number of carbonyl (C=O) groups excluding carboxylic acids is 1. The Morgan fingerprint density at radius 3 is 1.65 bits per heavy atom. The molecule has 0 fully saturated rings. The van der Waals surface area contributed by atoms with Crippen LogP contribution in [0.5, 0.6) is 0 Å². The normalized spacial score (nSPS) is 14.2. The Kier molecular flexibility index (Phi) is 25.8. The maximum absolute atomic E-state index is 12.2. The summed E-state index contributed by atoms with van der Waals surface area (Å²) in [6, 6.07) is 0. The van der Waals surface area contributed by atoms with Crippen molar-refractivity contribution in [3.05, 3.63) is 0 Å². The van der Waals surface area contributed by atoms with Gasteiger partial charge in [0.15, 0.2) is 0 Å². The van der Waals surface area contributed by atoms with Crippen molar-refractivity contribution >= 4 is 13.7 Å². The number of rotatable bonds is 30. The fraction of sp³-hybridized carbons (Fsp3) is 0.968. The maximum atomic E-state index is 12.2. The molecule has 2 N–H and O–H groups in total. The summed E-state index contributed by atoms with van der Waals surface area (Å²) in [6.45, 7) is 5.60. The Balaban J connectivity index is 3.94. The third-order valence-corrected chi connectivity index (χ3v) is 8.03. The highest BCUT2D eigenvalue weighted by Crippen LogP contribution is 2.43. The number of hydrogen-bond donors (Lipinski definition) is 2. The van der Waals surface area contributed by atoms with Crippen LogP contribution in [0.3, 0.4) is 0 Å². The van der Waals surface area contributed by atoms with Gasteiger partial charge in [0, 0.05) is 19.6 Å². The molecule has 9 heteroatoms. The van der Waals surface area contributed by atoms with Crippen molar-refractivity contribution < 1.29 is 32.5 Å². The first-order valence-corrected chi connectivity index (χ1v) is 17.9. The number of nitrogens with zero attached hydrogens (tertiary/aromatic N) is 1. The van der Waals surface area contributed by atoms with Gasteiger partial charge in [0.05, 0.1) is 33.9 Å². The summed E-state index contributed by atoms with van der Waals surface area (Å²) < 4.78 is 29.1. The lowest BCUT2D eigenvalue weighted by Gasteiger charge is -2.24. The van der Waals surface area contributed by atoms with E-state index in [2.05, 4.69) is 12.2 Å². The number of likely N-dealkylation sites (N-methyl/N-ethyl adjacent to an activating group) is 1. The Morgan fingerprint density at radius 1 is 0.725 bits per heavy atom. The highest BCUT2D eigenvalue weighted by molar-refractivity contribution is 7.47. The van der Waals surface area contributed by atoms with Crippen LogP contribution in [0, 0.1) is 0 Å². The summed E-state index contributed by atoms with van der Waals surface area (Å²) in [6.07, 6.45) is 23.2. The van der Waals surface area contributed by atoms with Gasteiger partial charge < -0.3 is 19.4 Å². The van der Waals surface area contributed by atoms with Gasteiger partial charge in [0.25, 0.3) is 0 Å². The van der Waals surface area contributed by atoms with Crippen molar-refractivity contribution in [2.45, 2.75) is 142 Å². The Hall–Kier alpha value is -0.500. The van der Waals surface area contributed by atoms with Crippen LogP contribution in [0.15, 0.2) is 0 Å². The lowest BCUT2D eigenvalue weighted by atomic mass is 10.0. The molecule has 40 heavy (non-hydrogen) atoms. The lowest BCUT2D eigenvalue weighted by Crippen LogP contribution is -2.37. The van der Waals surface area contributed by atoms with E-state index in [1.165, 1.54) is 96.3 Å². The molecule has 0 rings (SSSR count). The van der Waals surface area contributed by atoms with Gasteiger partial charge in [0.2, 0.25) is 5.91 Å². The zero-order chi connectivity index (χ0) is 30.0. The van der Waals surface area contributed by atoms with Gasteiger partial charge in [-0.3, -0.25) is 13.8 Å². The van der Waals surface area contributed by atoms with E-state index in [-0.39, 0.29) is 25.7 Å². The number of unbranched alkanes of at least 4 members (excludes halogenated alkanes) is 16. The third-order valence-electron chi connectivity index (χ3n) is 7.05. The first kappa shape index (κ1) is 39.5. The molecule has 0 bridgehead atoms. The maximum Gasteiger partial charge on any atom is 0.472 e. The summed E-state index contributed by atoms with van der Waals surface area (Å²) in [5.41, 5.74) is 0. The number of phosphoric acid groups is 1. The summed E-state index contributed by atoms with van der Waals surface area (Å²) in [5.74, 6) is -0.0553. The van der Waals surface area contributed by atoms with Gasteiger partial charge in [-0.15, -0.1) is 0 Å². The van der Waals surface area contributed by atoms with Crippen LogP contribution in [-0.2, 0) is 23.1 Å². The first-order valence-electron chi connectivity index (χ1n) is 16.4. The van der Waals surface area contributed by atoms with E-state index >= 15 is 0 Å². The topological polar surface area (TPSA) is 94.1 Å². The molecule has 0 spiro atoms. The molecule has 8 nitrogen and oxygen atoms in total. The van der Waals surface area contributed by atoms with E-state index in [0.29, 0.717) is 24.1 Å². The molecule has 0 heterocycles. The summed E-state index contributed by atoms with van der Waals surface area (Å²) in [5, 5.41) is 2.83. The lowest BCUT2D eigenvalue weighted by molar-refractivity contribution is -0.870. The summed E-state index contributed by atoms with van der Waals surface area (Å²) in [7, 11) is 1.77. The molecular formula is C31H66N2O6P+. The first-order chi connectivity index (χ1) is 19.1. The van der Waals surface area contributed by atoms with Crippen LogP contribution >= 0.6 is 7.82 Å². The number of nitrogens with one attached hydrogen (secondary N) is 1. The average Bonchev–Trinajstić information content (AvgIpc) is 2.88. The monoisotopic (exact) mass is 593 g/mol. The van der Waals surface area contributed by atoms with E-state index < -0.39 is 13.9 Å². The summed E-state index contributed by atoms with van der Waals surface area (Å²) in [4.78, 5) is 21.9. The fourth-order valence-electron chi connectivity index (χ4n) is 4.43.